The summed E-state index contributed by atoms with van der Waals surface area (Å²) in [6.07, 6.45) is 1.75. The van der Waals surface area contributed by atoms with Gasteiger partial charge in [-0.1, -0.05) is 38.1 Å². The minimum atomic E-state index is -0.155. The summed E-state index contributed by atoms with van der Waals surface area (Å²) in [4.78, 5) is 20.1. The molecule has 0 unspecified atom stereocenters. The summed E-state index contributed by atoms with van der Waals surface area (Å²) in [6, 6.07) is 10.1. The van der Waals surface area contributed by atoms with E-state index in [0.29, 0.717) is 18.7 Å². The van der Waals surface area contributed by atoms with Gasteiger partial charge in [0.1, 0.15) is 0 Å². The average Bonchev–Trinajstić information content (AvgIpc) is 3.11. The number of nitrogens with two attached hydrogens (primary N) is 1. The lowest BCUT2D eigenvalue weighted by atomic mass is 9.93. The molecule has 6 nitrogen and oxygen atoms in total. The molecular weight excluding hydrogens is 362 g/mol. The molecule has 6 heteroatoms. The Hall–Kier alpha value is -2.73. The number of pyridine rings is 1. The SMILES string of the molecule is Cc1ccccc1-c1cc(C(=O)N(C)CC(C)(C)CN)c2cnn(C(C)C)c2n1. The van der Waals surface area contributed by atoms with Crippen LogP contribution in [0, 0.1) is 12.3 Å². The Balaban J connectivity index is 2.18. The van der Waals surface area contributed by atoms with E-state index >= 15 is 0 Å². The highest BCUT2D eigenvalue weighted by molar-refractivity contribution is 6.06. The standard InChI is InChI=1S/C23H31N5O/c1-15(2)28-21-19(12-25-28)18(22(29)27(6)14-23(4,5)13-24)11-20(26-21)17-10-8-7-9-16(17)3/h7-12,15H,13-14,24H2,1-6H3. The topological polar surface area (TPSA) is 77.0 Å². The first-order valence-corrected chi connectivity index (χ1v) is 10.0. The van der Waals surface area contributed by atoms with Crippen LogP contribution in [-0.2, 0) is 0 Å². The molecule has 0 bridgehead atoms. The van der Waals surface area contributed by atoms with Crippen LogP contribution in [0.25, 0.3) is 22.3 Å². The number of hydrogen-bond acceptors (Lipinski definition) is 4. The zero-order valence-electron chi connectivity index (χ0n) is 18.2. The minimum Gasteiger partial charge on any atom is -0.341 e. The number of amides is 1. The van der Waals surface area contributed by atoms with Gasteiger partial charge in [0.05, 0.1) is 22.8 Å². The summed E-state index contributed by atoms with van der Waals surface area (Å²) in [5, 5.41) is 5.28. The Morgan fingerprint density at radius 2 is 1.97 bits per heavy atom. The second-order valence-electron chi connectivity index (χ2n) is 8.82. The van der Waals surface area contributed by atoms with Gasteiger partial charge in [-0.15, -0.1) is 0 Å². The van der Waals surface area contributed by atoms with Gasteiger partial charge in [0.25, 0.3) is 5.91 Å². The normalized spacial score (nSPS) is 12.0. The molecule has 3 rings (SSSR count). The van der Waals surface area contributed by atoms with Crippen LogP contribution in [0.4, 0.5) is 0 Å². The first kappa shape index (κ1) is 21.0. The fourth-order valence-corrected chi connectivity index (χ4v) is 3.56. The van der Waals surface area contributed by atoms with Crippen molar-refractivity contribution in [2.75, 3.05) is 20.1 Å². The molecule has 0 saturated heterocycles. The third-order valence-corrected chi connectivity index (χ3v) is 5.27. The predicted molar refractivity (Wildman–Crippen MR) is 118 cm³/mol. The highest BCUT2D eigenvalue weighted by atomic mass is 16.2. The van der Waals surface area contributed by atoms with Gasteiger partial charge in [0.2, 0.25) is 0 Å². The largest absolute Gasteiger partial charge is 0.341 e. The van der Waals surface area contributed by atoms with Crippen LogP contribution in [0.1, 0.15) is 49.7 Å². The molecule has 29 heavy (non-hydrogen) atoms. The van der Waals surface area contributed by atoms with Crippen molar-refractivity contribution in [1.29, 1.82) is 0 Å². The number of carbonyl (C=O) groups is 1. The number of aromatic nitrogens is 3. The molecule has 0 aliphatic rings. The van der Waals surface area contributed by atoms with E-state index < -0.39 is 0 Å². The quantitative estimate of drug-likeness (QED) is 0.685. The number of aryl methyl sites for hydroxylation is 1. The Bertz CT molecular complexity index is 1030. The molecule has 1 amide bonds. The fraction of sp³-hybridized carbons (Fsp3) is 0.435. The number of hydrogen-bond donors (Lipinski definition) is 1. The highest BCUT2D eigenvalue weighted by Crippen LogP contribution is 2.29. The zero-order chi connectivity index (χ0) is 21.3. The molecule has 0 fully saturated rings. The van der Waals surface area contributed by atoms with Crippen LogP contribution in [0.15, 0.2) is 36.5 Å². The van der Waals surface area contributed by atoms with Crippen molar-refractivity contribution in [3.05, 3.63) is 47.7 Å². The van der Waals surface area contributed by atoms with Crippen molar-refractivity contribution >= 4 is 16.9 Å². The summed E-state index contributed by atoms with van der Waals surface area (Å²) < 4.78 is 1.87. The van der Waals surface area contributed by atoms with Crippen LogP contribution >= 0.6 is 0 Å². The second-order valence-corrected chi connectivity index (χ2v) is 8.82. The number of rotatable bonds is 6. The van der Waals surface area contributed by atoms with Crippen LogP contribution in [-0.4, -0.2) is 45.7 Å². The van der Waals surface area contributed by atoms with Gasteiger partial charge >= 0.3 is 0 Å². The number of fused-ring (bicyclic) bond motifs is 1. The molecule has 2 N–H and O–H groups in total. The van der Waals surface area contributed by atoms with E-state index in [-0.39, 0.29) is 17.4 Å². The fourth-order valence-electron chi connectivity index (χ4n) is 3.56. The minimum absolute atomic E-state index is 0.0444. The van der Waals surface area contributed by atoms with Gasteiger partial charge in [0.15, 0.2) is 5.65 Å². The maximum Gasteiger partial charge on any atom is 0.254 e. The maximum atomic E-state index is 13.4. The smallest absolute Gasteiger partial charge is 0.254 e. The third kappa shape index (κ3) is 4.17. The summed E-state index contributed by atoms with van der Waals surface area (Å²) in [6.45, 7) is 11.4. The van der Waals surface area contributed by atoms with E-state index in [4.69, 9.17) is 10.7 Å². The van der Waals surface area contributed by atoms with Crippen LogP contribution in [0.5, 0.6) is 0 Å². The Kier molecular flexibility index (Phi) is 5.75. The van der Waals surface area contributed by atoms with Crippen molar-refractivity contribution in [3.8, 4) is 11.3 Å². The lowest BCUT2D eigenvalue weighted by molar-refractivity contribution is 0.0742. The van der Waals surface area contributed by atoms with Crippen molar-refractivity contribution in [2.45, 2.75) is 40.7 Å². The summed E-state index contributed by atoms with van der Waals surface area (Å²) >= 11 is 0. The van der Waals surface area contributed by atoms with Gasteiger partial charge in [-0.3, -0.25) is 4.79 Å². The Morgan fingerprint density at radius 1 is 1.28 bits per heavy atom. The van der Waals surface area contributed by atoms with Gasteiger partial charge in [0, 0.05) is 25.2 Å². The molecule has 0 atom stereocenters. The molecule has 2 heterocycles. The lowest BCUT2D eigenvalue weighted by Crippen LogP contribution is -2.39. The molecule has 0 aliphatic carbocycles. The summed E-state index contributed by atoms with van der Waals surface area (Å²) in [5.74, 6) is -0.0444. The lowest BCUT2D eigenvalue weighted by Gasteiger charge is -2.29. The summed E-state index contributed by atoms with van der Waals surface area (Å²) in [7, 11) is 1.83. The molecule has 154 valence electrons. The molecule has 1 aromatic carbocycles. The molecule has 0 aliphatic heterocycles. The van der Waals surface area contributed by atoms with Gasteiger partial charge in [-0.2, -0.15) is 5.10 Å². The highest BCUT2D eigenvalue weighted by Gasteiger charge is 2.25. The van der Waals surface area contributed by atoms with Crippen molar-refractivity contribution in [2.24, 2.45) is 11.1 Å². The van der Waals surface area contributed by atoms with Gasteiger partial charge in [-0.25, -0.2) is 9.67 Å². The van der Waals surface area contributed by atoms with Gasteiger partial charge < -0.3 is 10.6 Å². The van der Waals surface area contributed by atoms with E-state index in [9.17, 15) is 4.79 Å². The summed E-state index contributed by atoms with van der Waals surface area (Å²) in [5.41, 5.74) is 9.99. The first-order chi connectivity index (χ1) is 13.6. The molecule has 0 saturated carbocycles. The van der Waals surface area contributed by atoms with E-state index in [0.717, 1.165) is 27.9 Å². The van der Waals surface area contributed by atoms with Crippen molar-refractivity contribution in [3.63, 3.8) is 0 Å². The van der Waals surface area contributed by atoms with Crippen LogP contribution in [0.2, 0.25) is 0 Å². The average molecular weight is 394 g/mol. The Labute approximate surface area is 172 Å². The molecule has 0 spiro atoms. The molecule has 3 aromatic rings. The predicted octanol–water partition coefficient (Wildman–Crippen LogP) is 4.04. The second kappa shape index (κ2) is 7.95. The van der Waals surface area contributed by atoms with Crippen LogP contribution < -0.4 is 5.73 Å². The van der Waals surface area contributed by atoms with E-state index in [1.54, 1.807) is 11.1 Å². The van der Waals surface area contributed by atoms with Gasteiger partial charge in [-0.05, 0) is 44.4 Å². The van der Waals surface area contributed by atoms with Crippen LogP contribution in [0.3, 0.4) is 0 Å². The van der Waals surface area contributed by atoms with E-state index in [1.807, 2.05) is 36.0 Å². The van der Waals surface area contributed by atoms with Crippen molar-refractivity contribution in [1.82, 2.24) is 19.7 Å². The van der Waals surface area contributed by atoms with E-state index in [2.05, 4.69) is 45.8 Å². The third-order valence-electron chi connectivity index (χ3n) is 5.27. The molecule has 2 aromatic heterocycles. The zero-order valence-corrected chi connectivity index (χ0v) is 18.2. The maximum absolute atomic E-state index is 13.4. The monoisotopic (exact) mass is 393 g/mol. The van der Waals surface area contributed by atoms with Crippen molar-refractivity contribution < 1.29 is 4.79 Å². The molecule has 0 radical (unpaired) electrons. The Morgan fingerprint density at radius 3 is 2.59 bits per heavy atom. The number of nitrogens with zero attached hydrogens (tertiary/aromatic N) is 4. The van der Waals surface area contributed by atoms with E-state index in [1.165, 1.54) is 0 Å². The first-order valence-electron chi connectivity index (χ1n) is 10.0. The number of benzene rings is 1. The molecular formula is C23H31N5O. The number of carbonyl (C=O) groups excluding carboxylic acids is 1.